The molecule has 3 rings (SSSR count). The highest BCUT2D eigenvalue weighted by Crippen LogP contribution is 2.32. The summed E-state index contributed by atoms with van der Waals surface area (Å²) < 4.78 is 10.6. The SMILES string of the molecule is CCNC1CCCCCC1c1nc(-c2ccoc2)no1. The number of hydrogen-bond donors (Lipinski definition) is 1. The number of nitrogens with zero attached hydrogens (tertiary/aromatic N) is 2. The van der Waals surface area contributed by atoms with Gasteiger partial charge in [-0.1, -0.05) is 31.3 Å². The van der Waals surface area contributed by atoms with Crippen LogP contribution < -0.4 is 5.32 Å². The van der Waals surface area contributed by atoms with E-state index < -0.39 is 0 Å². The molecule has 0 aliphatic heterocycles. The van der Waals surface area contributed by atoms with Crippen LogP contribution in [0.3, 0.4) is 0 Å². The minimum absolute atomic E-state index is 0.325. The zero-order chi connectivity index (χ0) is 13.8. The molecule has 2 atom stereocenters. The van der Waals surface area contributed by atoms with E-state index in [2.05, 4.69) is 22.4 Å². The Hall–Kier alpha value is -1.62. The third-order valence-electron chi connectivity index (χ3n) is 4.02. The zero-order valence-corrected chi connectivity index (χ0v) is 11.8. The Morgan fingerprint density at radius 2 is 2.20 bits per heavy atom. The Labute approximate surface area is 118 Å². The molecule has 0 aromatic carbocycles. The van der Waals surface area contributed by atoms with E-state index in [1.165, 1.54) is 25.7 Å². The van der Waals surface area contributed by atoms with Gasteiger partial charge in [-0.2, -0.15) is 4.98 Å². The number of likely N-dealkylation sites (N-methyl/N-ethyl adjacent to an activating group) is 1. The summed E-state index contributed by atoms with van der Waals surface area (Å²) in [5, 5.41) is 7.66. The van der Waals surface area contributed by atoms with Crippen LogP contribution in [0, 0.1) is 0 Å². The Bertz CT molecular complexity index is 521. The van der Waals surface area contributed by atoms with Crippen molar-refractivity contribution in [3.8, 4) is 11.4 Å². The van der Waals surface area contributed by atoms with Gasteiger partial charge in [0.2, 0.25) is 11.7 Å². The highest BCUT2D eigenvalue weighted by Gasteiger charge is 2.29. The molecule has 0 bridgehead atoms. The molecule has 5 heteroatoms. The van der Waals surface area contributed by atoms with Gasteiger partial charge in [0.15, 0.2) is 0 Å². The first kappa shape index (κ1) is 13.4. The van der Waals surface area contributed by atoms with Crippen molar-refractivity contribution in [2.45, 2.75) is 51.0 Å². The van der Waals surface area contributed by atoms with Crippen molar-refractivity contribution in [3.05, 3.63) is 24.5 Å². The van der Waals surface area contributed by atoms with Gasteiger partial charge in [0.1, 0.15) is 6.26 Å². The highest BCUT2D eigenvalue weighted by molar-refractivity contribution is 5.51. The summed E-state index contributed by atoms with van der Waals surface area (Å²) in [7, 11) is 0. The molecule has 0 amide bonds. The lowest BCUT2D eigenvalue weighted by molar-refractivity contribution is 0.306. The van der Waals surface area contributed by atoms with E-state index in [-0.39, 0.29) is 0 Å². The van der Waals surface area contributed by atoms with Crippen LogP contribution in [0.25, 0.3) is 11.4 Å². The lowest BCUT2D eigenvalue weighted by Gasteiger charge is -2.22. The summed E-state index contributed by atoms with van der Waals surface area (Å²) in [6.07, 6.45) is 9.36. The second kappa shape index (κ2) is 6.22. The Morgan fingerprint density at radius 1 is 1.30 bits per heavy atom. The fourth-order valence-corrected chi connectivity index (χ4v) is 3.00. The van der Waals surface area contributed by atoms with E-state index in [0.717, 1.165) is 24.4 Å². The minimum atomic E-state index is 0.325. The molecule has 0 saturated heterocycles. The van der Waals surface area contributed by atoms with Crippen LogP contribution in [-0.2, 0) is 0 Å². The van der Waals surface area contributed by atoms with Crippen LogP contribution in [0.4, 0.5) is 0 Å². The molecular weight excluding hydrogens is 254 g/mol. The largest absolute Gasteiger partial charge is 0.472 e. The van der Waals surface area contributed by atoms with E-state index >= 15 is 0 Å². The second-order valence-electron chi connectivity index (χ2n) is 5.38. The third-order valence-corrected chi connectivity index (χ3v) is 4.02. The number of nitrogens with one attached hydrogen (secondary N) is 1. The molecule has 0 radical (unpaired) electrons. The van der Waals surface area contributed by atoms with Gasteiger partial charge in [0.25, 0.3) is 0 Å². The molecule has 5 nitrogen and oxygen atoms in total. The van der Waals surface area contributed by atoms with Crippen LogP contribution in [0.1, 0.15) is 50.8 Å². The van der Waals surface area contributed by atoms with Crippen molar-refractivity contribution < 1.29 is 8.94 Å². The van der Waals surface area contributed by atoms with Crippen molar-refractivity contribution in [3.63, 3.8) is 0 Å². The maximum atomic E-state index is 5.52. The summed E-state index contributed by atoms with van der Waals surface area (Å²) in [6, 6.07) is 2.30. The van der Waals surface area contributed by atoms with Gasteiger partial charge >= 0.3 is 0 Å². The molecule has 1 aliphatic rings. The van der Waals surface area contributed by atoms with Crippen LogP contribution in [0.5, 0.6) is 0 Å². The first-order valence-corrected chi connectivity index (χ1v) is 7.48. The van der Waals surface area contributed by atoms with Gasteiger partial charge in [0.05, 0.1) is 17.7 Å². The predicted octanol–water partition coefficient (Wildman–Crippen LogP) is 3.36. The van der Waals surface area contributed by atoms with Crippen LogP contribution in [0.2, 0.25) is 0 Å². The summed E-state index contributed by atoms with van der Waals surface area (Å²) >= 11 is 0. The minimum Gasteiger partial charge on any atom is -0.472 e. The van der Waals surface area contributed by atoms with E-state index in [0.29, 0.717) is 17.8 Å². The second-order valence-corrected chi connectivity index (χ2v) is 5.38. The smallest absolute Gasteiger partial charge is 0.231 e. The molecule has 1 N–H and O–H groups in total. The van der Waals surface area contributed by atoms with Gasteiger partial charge < -0.3 is 14.3 Å². The predicted molar refractivity (Wildman–Crippen MR) is 75.3 cm³/mol. The topological polar surface area (TPSA) is 64.1 Å². The molecule has 2 aromatic heterocycles. The number of hydrogen-bond acceptors (Lipinski definition) is 5. The molecule has 1 saturated carbocycles. The van der Waals surface area contributed by atoms with Gasteiger partial charge in [-0.25, -0.2) is 0 Å². The van der Waals surface area contributed by atoms with Crippen molar-refractivity contribution in [1.82, 2.24) is 15.5 Å². The van der Waals surface area contributed by atoms with Gasteiger partial charge in [-0.15, -0.1) is 0 Å². The third kappa shape index (κ3) is 2.77. The Balaban J connectivity index is 1.82. The molecule has 2 aromatic rings. The zero-order valence-electron chi connectivity index (χ0n) is 11.8. The Kier molecular flexibility index (Phi) is 4.16. The quantitative estimate of drug-likeness (QED) is 0.867. The lowest BCUT2D eigenvalue weighted by atomic mass is 9.94. The summed E-state index contributed by atoms with van der Waals surface area (Å²) in [6.45, 7) is 3.12. The first-order valence-electron chi connectivity index (χ1n) is 7.48. The van der Waals surface area contributed by atoms with Crippen molar-refractivity contribution in [2.24, 2.45) is 0 Å². The molecule has 2 unspecified atom stereocenters. The van der Waals surface area contributed by atoms with Gasteiger partial charge in [-0.05, 0) is 25.5 Å². The van der Waals surface area contributed by atoms with Crippen molar-refractivity contribution >= 4 is 0 Å². The molecule has 2 heterocycles. The maximum Gasteiger partial charge on any atom is 0.231 e. The molecule has 1 aliphatic carbocycles. The maximum absolute atomic E-state index is 5.52. The summed E-state index contributed by atoms with van der Waals surface area (Å²) in [5.41, 5.74) is 0.869. The molecule has 20 heavy (non-hydrogen) atoms. The highest BCUT2D eigenvalue weighted by atomic mass is 16.5. The van der Waals surface area contributed by atoms with Crippen molar-refractivity contribution in [2.75, 3.05) is 6.54 Å². The van der Waals surface area contributed by atoms with E-state index in [1.807, 2.05) is 6.07 Å². The van der Waals surface area contributed by atoms with Gasteiger partial charge in [-0.3, -0.25) is 0 Å². The fraction of sp³-hybridized carbons (Fsp3) is 0.600. The molecular formula is C15H21N3O2. The van der Waals surface area contributed by atoms with E-state index in [9.17, 15) is 0 Å². The number of furan rings is 1. The fourth-order valence-electron chi connectivity index (χ4n) is 3.00. The lowest BCUT2D eigenvalue weighted by Crippen LogP contribution is -2.34. The molecule has 108 valence electrons. The molecule has 0 spiro atoms. The average Bonchev–Trinajstić information content (AvgIpc) is 3.09. The standard InChI is InChI=1S/C15H21N3O2/c1-2-16-13-7-5-3-4-6-12(13)15-17-14(18-20-15)11-8-9-19-10-11/h8-10,12-13,16H,2-7H2,1H3. The average molecular weight is 275 g/mol. The summed E-state index contributed by atoms with van der Waals surface area (Å²) in [5.74, 6) is 1.70. The van der Waals surface area contributed by atoms with E-state index in [4.69, 9.17) is 8.94 Å². The Morgan fingerprint density at radius 3 is 3.00 bits per heavy atom. The van der Waals surface area contributed by atoms with Crippen LogP contribution in [0.15, 0.2) is 27.5 Å². The first-order chi connectivity index (χ1) is 9.88. The van der Waals surface area contributed by atoms with Crippen LogP contribution >= 0.6 is 0 Å². The number of aromatic nitrogens is 2. The van der Waals surface area contributed by atoms with E-state index in [1.54, 1.807) is 12.5 Å². The summed E-state index contributed by atoms with van der Waals surface area (Å²) in [4.78, 5) is 4.57. The number of rotatable bonds is 4. The van der Waals surface area contributed by atoms with Crippen molar-refractivity contribution in [1.29, 1.82) is 0 Å². The monoisotopic (exact) mass is 275 g/mol. The normalized spacial score (nSPS) is 23.6. The van der Waals surface area contributed by atoms with Crippen LogP contribution in [-0.4, -0.2) is 22.7 Å². The van der Waals surface area contributed by atoms with Gasteiger partial charge in [0, 0.05) is 6.04 Å². The molecule has 1 fully saturated rings.